The Kier molecular flexibility index (Phi) is 7.02. The molecule has 14 heteroatoms. The van der Waals surface area contributed by atoms with Crippen LogP contribution in [0.5, 0.6) is 11.5 Å². The standard InChI is InChI=1S/C28H18ClN7O5S/c29-25-26(19-13-16(8-11-23(19)38)32-34-28-30-21-6-1-2-7-24(21)42-28)35(27(25)39)22-14-18(37)9-10-20(22)33-31-15-4-3-5-17(12-15)36(40)41/h1-14,25-26,37-38H. The molecule has 2 heterocycles. The maximum absolute atomic E-state index is 13.0. The minimum atomic E-state index is -1.03. The van der Waals surface area contributed by atoms with Crippen molar-refractivity contribution in [1.82, 2.24) is 4.98 Å². The van der Waals surface area contributed by atoms with Crippen molar-refractivity contribution in [2.45, 2.75) is 11.4 Å². The Bertz CT molecular complexity index is 1900. The van der Waals surface area contributed by atoms with E-state index in [1.165, 1.54) is 64.8 Å². The van der Waals surface area contributed by atoms with Crippen LogP contribution in [0.4, 0.5) is 33.6 Å². The van der Waals surface area contributed by atoms with Crippen LogP contribution < -0.4 is 4.90 Å². The molecule has 2 N–H and O–H groups in total. The topological polar surface area (TPSA) is 166 Å². The van der Waals surface area contributed by atoms with Crippen LogP contribution >= 0.6 is 22.9 Å². The zero-order valence-electron chi connectivity index (χ0n) is 21.3. The number of halogens is 1. The fourth-order valence-corrected chi connectivity index (χ4v) is 5.57. The molecule has 0 radical (unpaired) electrons. The number of fused-ring (bicyclic) bond motifs is 1. The lowest BCUT2D eigenvalue weighted by atomic mass is 9.91. The third-order valence-electron chi connectivity index (χ3n) is 6.42. The highest BCUT2D eigenvalue weighted by molar-refractivity contribution is 7.21. The molecule has 12 nitrogen and oxygen atoms in total. The fraction of sp³-hybridized carbons (Fsp3) is 0.0714. The molecular formula is C28H18ClN7O5S. The lowest BCUT2D eigenvalue weighted by Gasteiger charge is -2.44. The summed E-state index contributed by atoms with van der Waals surface area (Å²) < 4.78 is 0.969. The van der Waals surface area contributed by atoms with Crippen molar-refractivity contribution in [1.29, 1.82) is 0 Å². The van der Waals surface area contributed by atoms with Crippen LogP contribution in [0.2, 0.25) is 0 Å². The average Bonchev–Trinajstić information content (AvgIpc) is 3.42. The predicted octanol–water partition coefficient (Wildman–Crippen LogP) is 8.14. The second kappa shape index (κ2) is 11.0. The van der Waals surface area contributed by atoms with Gasteiger partial charge in [-0.1, -0.05) is 29.5 Å². The molecule has 6 rings (SSSR count). The Morgan fingerprint density at radius 3 is 2.50 bits per heavy atom. The molecule has 1 aromatic heterocycles. The van der Waals surface area contributed by atoms with E-state index in [1.807, 2.05) is 24.3 Å². The van der Waals surface area contributed by atoms with Gasteiger partial charge in [-0.05, 0) is 48.5 Å². The van der Waals surface area contributed by atoms with E-state index in [0.717, 1.165) is 10.2 Å². The fourth-order valence-electron chi connectivity index (χ4n) is 4.43. The van der Waals surface area contributed by atoms with Gasteiger partial charge in [-0.15, -0.1) is 26.9 Å². The first-order valence-corrected chi connectivity index (χ1v) is 13.6. The number of carbonyl (C=O) groups is 1. The van der Waals surface area contributed by atoms with Crippen molar-refractivity contribution in [2.75, 3.05) is 4.90 Å². The number of nitro benzene ring substituents is 1. The zero-order chi connectivity index (χ0) is 29.4. The Morgan fingerprint density at radius 1 is 0.905 bits per heavy atom. The van der Waals surface area contributed by atoms with Gasteiger partial charge in [0.15, 0.2) is 0 Å². The zero-order valence-corrected chi connectivity index (χ0v) is 22.8. The number of para-hydroxylation sites is 1. The number of aromatic hydroxyl groups is 2. The highest BCUT2D eigenvalue weighted by Crippen LogP contribution is 2.49. The number of aromatic nitrogens is 1. The summed E-state index contributed by atoms with van der Waals surface area (Å²) in [5.74, 6) is -0.756. The minimum absolute atomic E-state index is 0.123. The number of phenols is 2. The molecule has 1 aliphatic rings. The monoisotopic (exact) mass is 599 g/mol. The van der Waals surface area contributed by atoms with Gasteiger partial charge in [0.1, 0.15) is 22.6 Å². The van der Waals surface area contributed by atoms with E-state index in [4.69, 9.17) is 11.6 Å². The number of amides is 1. The molecule has 1 saturated heterocycles. The Hall–Kier alpha value is -5.27. The highest BCUT2D eigenvalue weighted by atomic mass is 35.5. The number of nitrogens with zero attached hydrogens (tertiary/aromatic N) is 7. The molecule has 42 heavy (non-hydrogen) atoms. The molecule has 0 saturated carbocycles. The van der Waals surface area contributed by atoms with Crippen LogP contribution in [-0.2, 0) is 4.79 Å². The van der Waals surface area contributed by atoms with Crippen molar-refractivity contribution in [3.05, 3.63) is 101 Å². The number of hydrogen-bond acceptors (Lipinski definition) is 11. The molecule has 2 atom stereocenters. The summed E-state index contributed by atoms with van der Waals surface area (Å²) in [6, 6.07) is 21.1. The summed E-state index contributed by atoms with van der Waals surface area (Å²) in [5.41, 5.74) is 1.93. The van der Waals surface area contributed by atoms with E-state index in [0.29, 0.717) is 16.4 Å². The summed E-state index contributed by atoms with van der Waals surface area (Å²) in [6.45, 7) is 0. The van der Waals surface area contributed by atoms with Crippen LogP contribution in [0.25, 0.3) is 10.2 Å². The Morgan fingerprint density at radius 2 is 1.69 bits per heavy atom. The van der Waals surface area contributed by atoms with Crippen molar-refractivity contribution in [3.8, 4) is 11.5 Å². The smallest absolute Gasteiger partial charge is 0.271 e. The largest absolute Gasteiger partial charge is 0.508 e. The van der Waals surface area contributed by atoms with Crippen molar-refractivity contribution in [3.63, 3.8) is 0 Å². The van der Waals surface area contributed by atoms with Gasteiger partial charge in [-0.2, -0.15) is 5.11 Å². The van der Waals surface area contributed by atoms with Gasteiger partial charge in [-0.25, -0.2) is 4.98 Å². The average molecular weight is 600 g/mol. The molecule has 0 bridgehead atoms. The number of β-lactam (4-membered cyclic amide) rings is 1. The predicted molar refractivity (Wildman–Crippen MR) is 157 cm³/mol. The number of rotatable bonds is 7. The maximum atomic E-state index is 13.0. The molecule has 5 aromatic rings. The molecule has 0 aliphatic carbocycles. The van der Waals surface area contributed by atoms with E-state index in [1.54, 1.807) is 12.1 Å². The molecule has 4 aromatic carbocycles. The third-order valence-corrected chi connectivity index (χ3v) is 7.77. The first-order chi connectivity index (χ1) is 20.3. The number of benzene rings is 4. The second-order valence-electron chi connectivity index (χ2n) is 9.11. The minimum Gasteiger partial charge on any atom is -0.508 e. The number of alkyl halides is 1. The molecule has 1 aliphatic heterocycles. The number of azo groups is 2. The lowest BCUT2D eigenvalue weighted by Crippen LogP contribution is -2.56. The number of anilines is 1. The van der Waals surface area contributed by atoms with Crippen LogP contribution in [0.1, 0.15) is 11.6 Å². The van der Waals surface area contributed by atoms with Gasteiger partial charge in [0, 0.05) is 23.8 Å². The molecular weight excluding hydrogens is 582 g/mol. The normalized spacial score (nSPS) is 16.9. The molecule has 2 unspecified atom stereocenters. The lowest BCUT2D eigenvalue weighted by molar-refractivity contribution is -0.384. The van der Waals surface area contributed by atoms with Crippen LogP contribution in [0, 0.1) is 10.1 Å². The number of thiazole rings is 1. The van der Waals surface area contributed by atoms with E-state index >= 15 is 0 Å². The van der Waals surface area contributed by atoms with E-state index in [9.17, 15) is 25.1 Å². The SMILES string of the molecule is O=C1C(Cl)C(c2cc(N=Nc3nc4ccccc4s3)ccc2O)N1c1cc(O)ccc1N=Nc1cccc([N+](=O)[O-])c1. The van der Waals surface area contributed by atoms with Gasteiger partial charge in [0.05, 0.1) is 38.2 Å². The van der Waals surface area contributed by atoms with E-state index < -0.39 is 22.2 Å². The number of nitro groups is 1. The summed E-state index contributed by atoms with van der Waals surface area (Å²) in [4.78, 5) is 29.3. The quantitative estimate of drug-likeness (QED) is 0.0629. The van der Waals surface area contributed by atoms with Gasteiger partial charge in [-0.3, -0.25) is 19.8 Å². The molecule has 0 spiro atoms. The summed E-state index contributed by atoms with van der Waals surface area (Å²) in [6.07, 6.45) is 0. The van der Waals surface area contributed by atoms with Crippen LogP contribution in [-0.4, -0.2) is 31.4 Å². The second-order valence-corrected chi connectivity index (χ2v) is 10.6. The van der Waals surface area contributed by atoms with Gasteiger partial charge in [0.25, 0.3) is 5.69 Å². The van der Waals surface area contributed by atoms with Crippen molar-refractivity contribution in [2.24, 2.45) is 20.5 Å². The van der Waals surface area contributed by atoms with Crippen molar-refractivity contribution < 1.29 is 19.9 Å². The van der Waals surface area contributed by atoms with E-state index in [-0.39, 0.29) is 34.2 Å². The van der Waals surface area contributed by atoms with Gasteiger partial charge in [0.2, 0.25) is 11.0 Å². The summed E-state index contributed by atoms with van der Waals surface area (Å²) >= 11 is 7.84. The Balaban J connectivity index is 1.33. The number of non-ortho nitro benzene ring substituents is 1. The third kappa shape index (κ3) is 5.13. The van der Waals surface area contributed by atoms with Crippen molar-refractivity contribution >= 4 is 72.6 Å². The number of phenolic OH excluding ortho intramolecular Hbond substituents is 2. The van der Waals surface area contributed by atoms with E-state index in [2.05, 4.69) is 25.4 Å². The maximum Gasteiger partial charge on any atom is 0.271 e. The Labute approximate surface area is 246 Å². The van der Waals surface area contributed by atoms with Gasteiger partial charge < -0.3 is 10.2 Å². The molecule has 1 fully saturated rings. The highest BCUT2D eigenvalue weighted by Gasteiger charge is 2.50. The summed E-state index contributed by atoms with van der Waals surface area (Å²) in [7, 11) is 0. The van der Waals surface area contributed by atoms with Crippen LogP contribution in [0.15, 0.2) is 105 Å². The molecule has 1 amide bonds. The first kappa shape index (κ1) is 26.9. The summed E-state index contributed by atoms with van der Waals surface area (Å²) in [5, 5.41) is 48.3. The van der Waals surface area contributed by atoms with Gasteiger partial charge >= 0.3 is 0 Å². The number of carbonyl (C=O) groups excluding carboxylic acids is 1. The first-order valence-electron chi connectivity index (χ1n) is 12.3. The molecule has 208 valence electrons. The van der Waals surface area contributed by atoms with Crippen LogP contribution in [0.3, 0.4) is 0 Å². The number of hydrogen-bond donors (Lipinski definition) is 2.